The number of nitrogens with one attached hydrogen (secondary N) is 2. The van der Waals surface area contributed by atoms with Crippen LogP contribution in [0.15, 0.2) is 133 Å². The summed E-state index contributed by atoms with van der Waals surface area (Å²) < 4.78 is 0. The van der Waals surface area contributed by atoms with Crippen LogP contribution >= 0.6 is 0 Å². The largest absolute Gasteiger partial charge is 0.391 e. The van der Waals surface area contributed by atoms with Crippen molar-refractivity contribution in [3.05, 3.63) is 150 Å². The zero-order valence-corrected chi connectivity index (χ0v) is 25.1. The molecular weight excluding hydrogens is 500 g/mol. The summed E-state index contributed by atoms with van der Waals surface area (Å²) in [6, 6.07) is 23.8. The minimum atomic E-state index is 0.273. The molecule has 214 valence electrons. The van der Waals surface area contributed by atoms with Gasteiger partial charge in [-0.15, -0.1) is 0 Å². The summed E-state index contributed by atoms with van der Waals surface area (Å²) in [5, 5.41) is 6.94. The van der Waals surface area contributed by atoms with Crippen LogP contribution in [0.4, 0.5) is 0 Å². The monoisotopic (exact) mass is 546 g/mol. The standard InChI is InChI=1S/C37H46N4/c1-6-29(4)30(5)41-37(26-36(7-2)40-28-34-18-13-22-39-27-34)35(21-23-38-8-3)20-19-32-16-12-17-33(25-32)24-31-14-10-9-11-15-31/h6,8-18,22,25-27,35,38,40H,1,3,7,19-21,23-24,28H2,2,4-5H3/b30-29+,36-26+,41-37+. The lowest BCUT2D eigenvalue weighted by Gasteiger charge is -2.20. The van der Waals surface area contributed by atoms with Crippen LogP contribution in [0.2, 0.25) is 0 Å². The first-order valence-corrected chi connectivity index (χ1v) is 14.7. The predicted molar refractivity (Wildman–Crippen MR) is 176 cm³/mol. The molecule has 0 saturated heterocycles. The highest BCUT2D eigenvalue weighted by atomic mass is 14.9. The third kappa shape index (κ3) is 11.1. The fourth-order valence-corrected chi connectivity index (χ4v) is 4.71. The van der Waals surface area contributed by atoms with E-state index in [4.69, 9.17) is 4.99 Å². The number of allylic oxidation sites excluding steroid dienone is 5. The van der Waals surface area contributed by atoms with Crippen LogP contribution < -0.4 is 10.6 Å². The Kier molecular flexibility index (Phi) is 13.4. The van der Waals surface area contributed by atoms with Crippen molar-refractivity contribution < 1.29 is 0 Å². The second-order valence-corrected chi connectivity index (χ2v) is 10.4. The van der Waals surface area contributed by atoms with Gasteiger partial charge in [0.2, 0.25) is 0 Å². The van der Waals surface area contributed by atoms with Crippen LogP contribution in [-0.2, 0) is 19.4 Å². The molecule has 0 radical (unpaired) electrons. The third-order valence-corrected chi connectivity index (χ3v) is 7.34. The first-order valence-electron chi connectivity index (χ1n) is 14.7. The Morgan fingerprint density at radius 3 is 2.39 bits per heavy atom. The molecule has 1 unspecified atom stereocenters. The summed E-state index contributed by atoms with van der Waals surface area (Å²) in [7, 11) is 0. The Morgan fingerprint density at radius 2 is 1.68 bits per heavy atom. The van der Waals surface area contributed by atoms with Gasteiger partial charge in [0.25, 0.3) is 0 Å². The molecule has 4 heteroatoms. The van der Waals surface area contributed by atoms with Gasteiger partial charge in [-0.25, -0.2) is 0 Å². The van der Waals surface area contributed by atoms with E-state index in [1.807, 2.05) is 18.3 Å². The van der Waals surface area contributed by atoms with E-state index in [9.17, 15) is 0 Å². The molecule has 0 bridgehead atoms. The van der Waals surface area contributed by atoms with Gasteiger partial charge in [-0.05, 0) is 92.1 Å². The summed E-state index contributed by atoms with van der Waals surface area (Å²) in [4.78, 5) is 9.45. The van der Waals surface area contributed by atoms with Gasteiger partial charge in [-0.1, -0.05) is 86.8 Å². The lowest BCUT2D eigenvalue weighted by molar-refractivity contribution is 0.563. The van der Waals surface area contributed by atoms with Crippen molar-refractivity contribution in [2.75, 3.05) is 6.54 Å². The van der Waals surface area contributed by atoms with Gasteiger partial charge < -0.3 is 10.6 Å². The average Bonchev–Trinajstić information content (AvgIpc) is 3.01. The Labute approximate surface area is 247 Å². The second-order valence-electron chi connectivity index (χ2n) is 10.4. The Bertz CT molecular complexity index is 1320. The highest BCUT2D eigenvalue weighted by Crippen LogP contribution is 2.21. The molecule has 0 amide bonds. The zero-order chi connectivity index (χ0) is 29.3. The van der Waals surface area contributed by atoms with Gasteiger partial charge in [-0.2, -0.15) is 0 Å². The van der Waals surface area contributed by atoms with E-state index in [0.717, 1.165) is 67.7 Å². The normalized spacial score (nSPS) is 13.2. The van der Waals surface area contributed by atoms with E-state index in [0.29, 0.717) is 0 Å². The quantitative estimate of drug-likeness (QED) is 0.102. The first kappa shape index (κ1) is 31.3. The molecule has 4 nitrogen and oxygen atoms in total. The van der Waals surface area contributed by atoms with Crippen molar-refractivity contribution in [3.63, 3.8) is 0 Å². The number of aryl methyl sites for hydroxylation is 1. The number of aliphatic imine (C=N–C) groups is 1. The topological polar surface area (TPSA) is 49.3 Å². The molecule has 1 aromatic heterocycles. The molecule has 0 spiro atoms. The molecular formula is C37H46N4. The molecule has 1 atom stereocenters. The van der Waals surface area contributed by atoms with Crippen molar-refractivity contribution in [1.29, 1.82) is 0 Å². The first-order chi connectivity index (χ1) is 20.0. The number of aromatic nitrogens is 1. The molecule has 41 heavy (non-hydrogen) atoms. The maximum atomic E-state index is 5.20. The Balaban J connectivity index is 1.87. The number of hydrogen-bond acceptors (Lipinski definition) is 4. The molecule has 0 aliphatic heterocycles. The number of nitrogens with zero attached hydrogens (tertiary/aromatic N) is 2. The predicted octanol–water partition coefficient (Wildman–Crippen LogP) is 8.35. The minimum Gasteiger partial charge on any atom is -0.391 e. The van der Waals surface area contributed by atoms with Crippen LogP contribution in [0.3, 0.4) is 0 Å². The fraction of sp³-hybridized carbons (Fsp3) is 0.297. The molecule has 1 heterocycles. The van der Waals surface area contributed by atoms with Gasteiger partial charge in [0.15, 0.2) is 0 Å². The zero-order valence-electron chi connectivity index (χ0n) is 25.1. The van der Waals surface area contributed by atoms with Crippen LogP contribution in [0, 0.1) is 5.92 Å². The van der Waals surface area contributed by atoms with Crippen molar-refractivity contribution in [3.8, 4) is 0 Å². The third-order valence-electron chi connectivity index (χ3n) is 7.34. The van der Waals surface area contributed by atoms with Gasteiger partial charge in [0.05, 0.1) is 0 Å². The van der Waals surface area contributed by atoms with Crippen molar-refractivity contribution >= 4 is 5.71 Å². The van der Waals surface area contributed by atoms with E-state index in [1.54, 1.807) is 12.4 Å². The van der Waals surface area contributed by atoms with Crippen molar-refractivity contribution in [2.24, 2.45) is 10.9 Å². The summed E-state index contributed by atoms with van der Waals surface area (Å²) in [6.07, 6.45) is 14.4. The molecule has 3 rings (SSSR count). The van der Waals surface area contributed by atoms with Gasteiger partial charge in [0, 0.05) is 48.5 Å². The Hall–Kier alpha value is -4.18. The van der Waals surface area contributed by atoms with Crippen molar-refractivity contribution in [2.45, 2.75) is 59.4 Å². The van der Waals surface area contributed by atoms with Gasteiger partial charge >= 0.3 is 0 Å². The highest BCUT2D eigenvalue weighted by molar-refractivity contribution is 5.98. The van der Waals surface area contributed by atoms with Crippen LogP contribution in [-0.4, -0.2) is 17.2 Å². The lowest BCUT2D eigenvalue weighted by atomic mass is 9.90. The summed E-state index contributed by atoms with van der Waals surface area (Å²) >= 11 is 0. The molecule has 3 aromatic rings. The molecule has 0 aliphatic rings. The van der Waals surface area contributed by atoms with E-state index >= 15 is 0 Å². The van der Waals surface area contributed by atoms with E-state index in [1.165, 1.54) is 22.4 Å². The number of pyridine rings is 1. The molecule has 0 fully saturated rings. The molecule has 2 aromatic carbocycles. The smallest absolute Gasteiger partial charge is 0.0455 e. The van der Waals surface area contributed by atoms with Crippen LogP contribution in [0.25, 0.3) is 0 Å². The fourth-order valence-electron chi connectivity index (χ4n) is 4.71. The summed E-state index contributed by atoms with van der Waals surface area (Å²) in [6.45, 7) is 15.7. The molecule has 0 aliphatic carbocycles. The number of benzene rings is 2. The minimum absolute atomic E-state index is 0.273. The number of rotatable bonds is 17. The summed E-state index contributed by atoms with van der Waals surface area (Å²) in [5.41, 5.74) is 9.57. The van der Waals surface area contributed by atoms with Crippen LogP contribution in [0.5, 0.6) is 0 Å². The maximum absolute atomic E-state index is 5.20. The average molecular weight is 547 g/mol. The van der Waals surface area contributed by atoms with E-state index in [2.05, 4.69) is 116 Å². The lowest BCUT2D eigenvalue weighted by Crippen LogP contribution is -2.22. The van der Waals surface area contributed by atoms with Crippen LogP contribution in [0.1, 0.15) is 62.3 Å². The summed E-state index contributed by atoms with van der Waals surface area (Å²) in [5.74, 6) is 0.273. The second kappa shape index (κ2) is 17.5. The Morgan fingerprint density at radius 1 is 0.927 bits per heavy atom. The highest BCUT2D eigenvalue weighted by Gasteiger charge is 2.16. The number of hydrogen-bond donors (Lipinski definition) is 2. The SMILES string of the molecule is C=CNCCC(CCc1cccc(Cc2ccccc2)c1)C(/C=C(\CC)NCc1cccnc1)=N/C(C)=C(\C)C=C. The van der Waals surface area contributed by atoms with Crippen molar-refractivity contribution in [1.82, 2.24) is 15.6 Å². The molecule has 2 N–H and O–H groups in total. The van der Waals surface area contributed by atoms with E-state index < -0.39 is 0 Å². The van der Waals surface area contributed by atoms with E-state index in [-0.39, 0.29) is 5.92 Å². The molecule has 0 saturated carbocycles. The maximum Gasteiger partial charge on any atom is 0.0455 e. The van der Waals surface area contributed by atoms with Gasteiger partial charge in [-0.3, -0.25) is 9.98 Å². The van der Waals surface area contributed by atoms with Gasteiger partial charge in [0.1, 0.15) is 0 Å².